The third kappa shape index (κ3) is 2.61. The van der Waals surface area contributed by atoms with Gasteiger partial charge in [0.2, 0.25) is 0 Å². The standard InChI is InChI=1S/C20H17N3/c21-20-13-22-12-16(23-20)11-19-17-7-3-1-5-14(17)9-10-15-6-2-4-8-18(15)19/h1-8,11-13H,9-10H2,(H2,21,23). The molecule has 23 heavy (non-hydrogen) atoms. The van der Waals surface area contributed by atoms with Crippen LogP contribution in [0.25, 0.3) is 11.6 Å². The van der Waals surface area contributed by atoms with Gasteiger partial charge in [0, 0.05) is 0 Å². The Hall–Kier alpha value is -2.94. The van der Waals surface area contributed by atoms with Gasteiger partial charge < -0.3 is 5.73 Å². The number of fused-ring (bicyclic) bond motifs is 2. The second-order valence-corrected chi connectivity index (χ2v) is 5.74. The molecule has 0 radical (unpaired) electrons. The number of aromatic nitrogens is 2. The lowest BCUT2D eigenvalue weighted by Gasteiger charge is -2.11. The minimum Gasteiger partial charge on any atom is -0.382 e. The molecule has 0 atom stereocenters. The molecule has 0 bridgehead atoms. The summed E-state index contributed by atoms with van der Waals surface area (Å²) in [5.41, 5.74) is 13.0. The van der Waals surface area contributed by atoms with Crippen LogP contribution in [-0.2, 0) is 12.8 Å². The molecule has 0 saturated carbocycles. The van der Waals surface area contributed by atoms with Gasteiger partial charge in [-0.05, 0) is 46.7 Å². The number of aryl methyl sites for hydroxylation is 2. The molecule has 2 N–H and O–H groups in total. The predicted molar refractivity (Wildman–Crippen MR) is 93.7 cm³/mol. The number of nitrogens with zero attached hydrogens (tertiary/aromatic N) is 2. The van der Waals surface area contributed by atoms with Gasteiger partial charge in [0.1, 0.15) is 5.82 Å². The van der Waals surface area contributed by atoms with Crippen molar-refractivity contribution in [1.29, 1.82) is 0 Å². The molecule has 1 heterocycles. The molecule has 3 aromatic rings. The Labute approximate surface area is 135 Å². The smallest absolute Gasteiger partial charge is 0.142 e. The molecule has 0 fully saturated rings. The molecule has 0 saturated heterocycles. The van der Waals surface area contributed by atoms with Gasteiger partial charge in [-0.25, -0.2) is 4.98 Å². The zero-order chi connectivity index (χ0) is 15.6. The number of hydrogen-bond acceptors (Lipinski definition) is 3. The maximum atomic E-state index is 5.78. The van der Waals surface area contributed by atoms with Crippen LogP contribution in [0.15, 0.2) is 60.9 Å². The third-order valence-corrected chi connectivity index (χ3v) is 4.24. The van der Waals surface area contributed by atoms with Crippen molar-refractivity contribution < 1.29 is 0 Å². The Morgan fingerprint density at radius 3 is 2.04 bits per heavy atom. The molecule has 2 aromatic carbocycles. The van der Waals surface area contributed by atoms with Crippen molar-refractivity contribution in [3.8, 4) is 0 Å². The minimum absolute atomic E-state index is 0.439. The molecular formula is C20H17N3. The molecular weight excluding hydrogens is 282 g/mol. The van der Waals surface area contributed by atoms with Gasteiger partial charge in [-0.3, -0.25) is 4.98 Å². The minimum atomic E-state index is 0.439. The summed E-state index contributed by atoms with van der Waals surface area (Å²) in [7, 11) is 0. The molecule has 0 spiro atoms. The molecule has 3 nitrogen and oxygen atoms in total. The fourth-order valence-electron chi connectivity index (χ4n) is 3.19. The highest BCUT2D eigenvalue weighted by Crippen LogP contribution is 2.34. The van der Waals surface area contributed by atoms with E-state index in [1.54, 1.807) is 12.4 Å². The zero-order valence-corrected chi connectivity index (χ0v) is 12.7. The van der Waals surface area contributed by atoms with E-state index in [9.17, 15) is 0 Å². The van der Waals surface area contributed by atoms with Crippen LogP contribution in [0, 0.1) is 0 Å². The van der Waals surface area contributed by atoms with E-state index in [4.69, 9.17) is 5.73 Å². The van der Waals surface area contributed by atoms with Crippen molar-refractivity contribution in [2.45, 2.75) is 12.8 Å². The Kier molecular flexibility index (Phi) is 3.39. The number of nitrogen functional groups attached to an aromatic ring is 1. The lowest BCUT2D eigenvalue weighted by atomic mass is 9.93. The van der Waals surface area contributed by atoms with Crippen LogP contribution in [0.2, 0.25) is 0 Å². The number of hydrogen-bond donors (Lipinski definition) is 1. The highest BCUT2D eigenvalue weighted by atomic mass is 14.9. The summed E-state index contributed by atoms with van der Waals surface area (Å²) in [5, 5.41) is 0. The first-order chi connectivity index (χ1) is 11.3. The van der Waals surface area contributed by atoms with Gasteiger partial charge in [0.15, 0.2) is 0 Å². The van der Waals surface area contributed by atoms with Gasteiger partial charge in [0.05, 0.1) is 18.1 Å². The summed E-state index contributed by atoms with van der Waals surface area (Å²) in [6.45, 7) is 0. The second kappa shape index (κ2) is 5.69. The Balaban J connectivity index is 1.97. The second-order valence-electron chi connectivity index (χ2n) is 5.74. The topological polar surface area (TPSA) is 51.8 Å². The van der Waals surface area contributed by atoms with E-state index in [1.165, 1.54) is 27.8 Å². The van der Waals surface area contributed by atoms with Crippen LogP contribution in [0.1, 0.15) is 27.9 Å². The quantitative estimate of drug-likeness (QED) is 0.744. The van der Waals surface area contributed by atoms with E-state index in [-0.39, 0.29) is 0 Å². The van der Waals surface area contributed by atoms with E-state index in [1.807, 2.05) is 0 Å². The summed E-state index contributed by atoms with van der Waals surface area (Å²) in [4.78, 5) is 8.54. The molecule has 0 unspecified atom stereocenters. The summed E-state index contributed by atoms with van der Waals surface area (Å²) >= 11 is 0. The van der Waals surface area contributed by atoms with Crippen LogP contribution < -0.4 is 5.73 Å². The van der Waals surface area contributed by atoms with Gasteiger partial charge in [0.25, 0.3) is 0 Å². The van der Waals surface area contributed by atoms with Crippen molar-refractivity contribution in [3.05, 3.63) is 88.9 Å². The van der Waals surface area contributed by atoms with Crippen LogP contribution in [0.4, 0.5) is 5.82 Å². The normalized spacial score (nSPS) is 13.0. The van der Waals surface area contributed by atoms with Crippen molar-refractivity contribution in [1.82, 2.24) is 9.97 Å². The van der Waals surface area contributed by atoms with Crippen molar-refractivity contribution in [2.24, 2.45) is 0 Å². The number of nitrogens with two attached hydrogens (primary N) is 1. The van der Waals surface area contributed by atoms with Gasteiger partial charge in [-0.15, -0.1) is 0 Å². The summed E-state index contributed by atoms with van der Waals surface area (Å²) in [5.74, 6) is 0.439. The van der Waals surface area contributed by atoms with Crippen LogP contribution in [-0.4, -0.2) is 9.97 Å². The number of benzene rings is 2. The first-order valence-electron chi connectivity index (χ1n) is 7.77. The van der Waals surface area contributed by atoms with Crippen molar-refractivity contribution >= 4 is 17.5 Å². The SMILES string of the molecule is Nc1cncc(C=C2c3ccccc3CCc3ccccc32)n1. The fraction of sp³-hybridized carbons (Fsp3) is 0.100. The molecule has 0 amide bonds. The van der Waals surface area contributed by atoms with Crippen molar-refractivity contribution in [2.75, 3.05) is 5.73 Å². The van der Waals surface area contributed by atoms with Crippen LogP contribution in [0.3, 0.4) is 0 Å². The Bertz CT molecular complexity index is 847. The largest absolute Gasteiger partial charge is 0.382 e. The highest BCUT2D eigenvalue weighted by Gasteiger charge is 2.17. The van der Waals surface area contributed by atoms with E-state index in [0.29, 0.717) is 5.82 Å². The Morgan fingerprint density at radius 2 is 1.43 bits per heavy atom. The maximum Gasteiger partial charge on any atom is 0.142 e. The van der Waals surface area contributed by atoms with E-state index < -0.39 is 0 Å². The number of anilines is 1. The van der Waals surface area contributed by atoms with Crippen LogP contribution >= 0.6 is 0 Å². The summed E-state index contributed by atoms with van der Waals surface area (Å²) in [6.07, 6.45) is 7.50. The van der Waals surface area contributed by atoms with Crippen molar-refractivity contribution in [3.63, 3.8) is 0 Å². The fourth-order valence-corrected chi connectivity index (χ4v) is 3.19. The molecule has 1 aliphatic rings. The van der Waals surface area contributed by atoms with E-state index >= 15 is 0 Å². The molecule has 4 rings (SSSR count). The lowest BCUT2D eigenvalue weighted by molar-refractivity contribution is 0.965. The molecule has 3 heteroatoms. The molecule has 1 aliphatic carbocycles. The number of rotatable bonds is 1. The zero-order valence-electron chi connectivity index (χ0n) is 12.7. The highest BCUT2D eigenvalue weighted by molar-refractivity contribution is 5.93. The Morgan fingerprint density at radius 1 is 0.826 bits per heavy atom. The summed E-state index contributed by atoms with van der Waals surface area (Å²) < 4.78 is 0. The van der Waals surface area contributed by atoms with E-state index in [2.05, 4.69) is 64.6 Å². The summed E-state index contributed by atoms with van der Waals surface area (Å²) in [6, 6.07) is 17.2. The van der Waals surface area contributed by atoms with Gasteiger partial charge in [-0.1, -0.05) is 48.5 Å². The maximum absolute atomic E-state index is 5.78. The predicted octanol–water partition coefficient (Wildman–Crippen LogP) is 3.75. The average Bonchev–Trinajstić information content (AvgIpc) is 2.73. The third-order valence-electron chi connectivity index (χ3n) is 4.24. The molecule has 1 aromatic heterocycles. The first-order valence-corrected chi connectivity index (χ1v) is 7.77. The monoisotopic (exact) mass is 299 g/mol. The lowest BCUT2D eigenvalue weighted by Crippen LogP contribution is -1.96. The average molecular weight is 299 g/mol. The molecule has 112 valence electrons. The van der Waals surface area contributed by atoms with Gasteiger partial charge in [-0.2, -0.15) is 0 Å². The van der Waals surface area contributed by atoms with E-state index in [0.717, 1.165) is 18.5 Å². The van der Waals surface area contributed by atoms with Gasteiger partial charge >= 0.3 is 0 Å². The molecule has 0 aliphatic heterocycles. The first kappa shape index (κ1) is 13.7. The van der Waals surface area contributed by atoms with Crippen LogP contribution in [0.5, 0.6) is 0 Å².